The molecule has 0 bridgehead atoms. The van der Waals surface area contributed by atoms with Crippen molar-refractivity contribution in [1.82, 2.24) is 20.4 Å². The van der Waals surface area contributed by atoms with E-state index in [2.05, 4.69) is 27.6 Å². The van der Waals surface area contributed by atoms with E-state index in [1.807, 2.05) is 23.1 Å². The molecule has 1 aromatic carbocycles. The monoisotopic (exact) mass is 326 g/mol. The molecule has 1 aromatic heterocycles. The van der Waals surface area contributed by atoms with Crippen molar-refractivity contribution in [2.24, 2.45) is 0 Å². The molecule has 1 aliphatic heterocycles. The van der Waals surface area contributed by atoms with E-state index < -0.39 is 0 Å². The second kappa shape index (κ2) is 7.77. The molecule has 0 aliphatic carbocycles. The van der Waals surface area contributed by atoms with E-state index in [1.165, 1.54) is 5.56 Å². The molecule has 3 rings (SSSR count). The summed E-state index contributed by atoms with van der Waals surface area (Å²) >= 11 is 0. The van der Waals surface area contributed by atoms with E-state index in [4.69, 9.17) is 0 Å². The van der Waals surface area contributed by atoms with Crippen molar-refractivity contribution in [2.45, 2.75) is 31.7 Å². The van der Waals surface area contributed by atoms with Crippen molar-refractivity contribution < 1.29 is 9.59 Å². The van der Waals surface area contributed by atoms with Gasteiger partial charge in [-0.05, 0) is 24.0 Å². The maximum Gasteiger partial charge on any atom is 0.224 e. The fraction of sp³-hybridized carbons (Fsp3) is 0.389. The number of nitrogens with zero attached hydrogens (tertiary/aromatic N) is 2. The van der Waals surface area contributed by atoms with Crippen molar-refractivity contribution >= 4 is 11.8 Å². The standard InChI is InChI=1S/C18H22N4O2/c23-17(7-6-15-11-19-20-12-15)21-16-10-18(24)22(13-16)9-8-14-4-2-1-3-5-14/h1-5,11-12,16H,6-10,13H2,(H,19,20)(H,21,23)/t16-/m0/s1. The molecule has 24 heavy (non-hydrogen) atoms. The minimum atomic E-state index is -0.0786. The summed E-state index contributed by atoms with van der Waals surface area (Å²) < 4.78 is 0. The Morgan fingerprint density at radius 2 is 2.08 bits per heavy atom. The number of likely N-dealkylation sites (tertiary alicyclic amines) is 1. The van der Waals surface area contributed by atoms with E-state index in [-0.39, 0.29) is 17.9 Å². The van der Waals surface area contributed by atoms with Crippen molar-refractivity contribution in [2.75, 3.05) is 13.1 Å². The predicted molar refractivity (Wildman–Crippen MR) is 90.2 cm³/mol. The topological polar surface area (TPSA) is 78.1 Å². The molecule has 6 heteroatoms. The highest BCUT2D eigenvalue weighted by molar-refractivity contribution is 5.82. The van der Waals surface area contributed by atoms with Gasteiger partial charge < -0.3 is 10.2 Å². The van der Waals surface area contributed by atoms with Gasteiger partial charge in [-0.3, -0.25) is 14.7 Å². The third-order valence-corrected chi connectivity index (χ3v) is 4.29. The molecule has 2 aromatic rings. The number of hydrogen-bond acceptors (Lipinski definition) is 3. The van der Waals surface area contributed by atoms with Gasteiger partial charge in [0.25, 0.3) is 0 Å². The normalized spacial score (nSPS) is 17.2. The number of carbonyl (C=O) groups is 2. The molecule has 2 amide bonds. The zero-order chi connectivity index (χ0) is 16.8. The second-order valence-corrected chi connectivity index (χ2v) is 6.15. The second-order valence-electron chi connectivity index (χ2n) is 6.15. The first-order valence-corrected chi connectivity index (χ1v) is 8.29. The molecule has 126 valence electrons. The van der Waals surface area contributed by atoms with Gasteiger partial charge in [0.15, 0.2) is 0 Å². The smallest absolute Gasteiger partial charge is 0.224 e. The predicted octanol–water partition coefficient (Wildman–Crippen LogP) is 1.30. The Hall–Kier alpha value is -2.63. The van der Waals surface area contributed by atoms with Gasteiger partial charge in [0.2, 0.25) is 11.8 Å². The lowest BCUT2D eigenvalue weighted by Gasteiger charge is -2.17. The first-order valence-electron chi connectivity index (χ1n) is 8.29. The van der Waals surface area contributed by atoms with Crippen molar-refractivity contribution in [1.29, 1.82) is 0 Å². The Kier molecular flexibility index (Phi) is 5.25. The number of nitrogens with one attached hydrogen (secondary N) is 2. The van der Waals surface area contributed by atoms with Crippen LogP contribution in [0.25, 0.3) is 0 Å². The molecule has 6 nitrogen and oxygen atoms in total. The lowest BCUT2D eigenvalue weighted by molar-refractivity contribution is -0.127. The highest BCUT2D eigenvalue weighted by Crippen LogP contribution is 2.13. The molecular weight excluding hydrogens is 304 g/mol. The van der Waals surface area contributed by atoms with Gasteiger partial charge in [-0.2, -0.15) is 5.10 Å². The number of H-pyrrole nitrogens is 1. The molecule has 0 saturated carbocycles. The summed E-state index contributed by atoms with van der Waals surface area (Å²) in [5.41, 5.74) is 2.23. The van der Waals surface area contributed by atoms with Crippen molar-refractivity contribution in [3.8, 4) is 0 Å². The number of rotatable bonds is 7. The summed E-state index contributed by atoms with van der Waals surface area (Å²) in [6.45, 7) is 1.30. The van der Waals surface area contributed by atoms with Crippen LogP contribution in [0.3, 0.4) is 0 Å². The largest absolute Gasteiger partial charge is 0.351 e. The molecule has 1 atom stereocenters. The van der Waals surface area contributed by atoms with Crippen LogP contribution in [0.4, 0.5) is 0 Å². The third-order valence-electron chi connectivity index (χ3n) is 4.29. The highest BCUT2D eigenvalue weighted by atomic mass is 16.2. The molecule has 1 saturated heterocycles. The average molecular weight is 326 g/mol. The number of hydrogen-bond donors (Lipinski definition) is 2. The molecule has 2 N–H and O–H groups in total. The fourth-order valence-electron chi connectivity index (χ4n) is 2.97. The Labute approximate surface area is 141 Å². The highest BCUT2D eigenvalue weighted by Gasteiger charge is 2.30. The SMILES string of the molecule is O=C(CCc1cn[nH]c1)N[C@H]1CC(=O)N(CCc2ccccc2)C1. The van der Waals surface area contributed by atoms with Crippen LogP contribution in [0.5, 0.6) is 0 Å². The lowest BCUT2D eigenvalue weighted by atomic mass is 10.1. The van der Waals surface area contributed by atoms with Gasteiger partial charge >= 0.3 is 0 Å². The number of aromatic amines is 1. The van der Waals surface area contributed by atoms with Crippen LogP contribution in [0.1, 0.15) is 24.0 Å². The zero-order valence-corrected chi connectivity index (χ0v) is 13.6. The van der Waals surface area contributed by atoms with Gasteiger partial charge in [0.05, 0.1) is 12.2 Å². The summed E-state index contributed by atoms with van der Waals surface area (Å²) in [4.78, 5) is 26.0. The van der Waals surface area contributed by atoms with Gasteiger partial charge in [-0.1, -0.05) is 30.3 Å². The van der Waals surface area contributed by atoms with Crippen LogP contribution in [0.15, 0.2) is 42.7 Å². The minimum Gasteiger partial charge on any atom is -0.351 e. The fourth-order valence-corrected chi connectivity index (χ4v) is 2.97. The van der Waals surface area contributed by atoms with E-state index in [9.17, 15) is 9.59 Å². The van der Waals surface area contributed by atoms with Gasteiger partial charge in [-0.25, -0.2) is 0 Å². The molecule has 0 unspecified atom stereocenters. The summed E-state index contributed by atoms with van der Waals surface area (Å²) in [7, 11) is 0. The quantitative estimate of drug-likeness (QED) is 0.805. The number of aromatic nitrogens is 2. The van der Waals surface area contributed by atoms with Crippen molar-refractivity contribution in [3.05, 3.63) is 53.9 Å². The molecule has 1 fully saturated rings. The number of benzene rings is 1. The maximum atomic E-state index is 12.1. The molecule has 0 spiro atoms. The van der Waals surface area contributed by atoms with Crippen molar-refractivity contribution in [3.63, 3.8) is 0 Å². The summed E-state index contributed by atoms with van der Waals surface area (Å²) in [6.07, 6.45) is 5.81. The third kappa shape index (κ3) is 4.44. The zero-order valence-electron chi connectivity index (χ0n) is 13.6. The van der Waals surface area contributed by atoms with E-state index in [1.54, 1.807) is 12.4 Å². The van der Waals surface area contributed by atoms with Crippen LogP contribution in [-0.4, -0.2) is 46.0 Å². The van der Waals surface area contributed by atoms with Gasteiger partial charge in [-0.15, -0.1) is 0 Å². The first kappa shape index (κ1) is 16.2. The number of carbonyl (C=O) groups excluding carboxylic acids is 2. The van der Waals surface area contributed by atoms with Crippen LogP contribution in [0, 0.1) is 0 Å². The Balaban J connectivity index is 1.41. The van der Waals surface area contributed by atoms with E-state index in [0.29, 0.717) is 32.4 Å². The first-order chi connectivity index (χ1) is 11.7. The Morgan fingerprint density at radius 3 is 2.83 bits per heavy atom. The van der Waals surface area contributed by atoms with Gasteiger partial charge in [0, 0.05) is 32.1 Å². The molecular formula is C18H22N4O2. The molecule has 1 aliphatic rings. The van der Waals surface area contributed by atoms with E-state index in [0.717, 1.165) is 12.0 Å². The van der Waals surface area contributed by atoms with Crippen LogP contribution in [-0.2, 0) is 22.4 Å². The summed E-state index contributed by atoms with van der Waals surface area (Å²) in [5.74, 6) is 0.102. The molecule has 2 heterocycles. The molecule has 0 radical (unpaired) electrons. The maximum absolute atomic E-state index is 12.1. The van der Waals surface area contributed by atoms with Crippen LogP contribution < -0.4 is 5.32 Å². The van der Waals surface area contributed by atoms with E-state index >= 15 is 0 Å². The van der Waals surface area contributed by atoms with Crippen LogP contribution in [0.2, 0.25) is 0 Å². The Morgan fingerprint density at radius 1 is 1.25 bits per heavy atom. The summed E-state index contributed by atoms with van der Waals surface area (Å²) in [5, 5.41) is 9.56. The minimum absolute atomic E-state index is 0.0149. The Bertz CT molecular complexity index is 670. The van der Waals surface area contributed by atoms with Crippen LogP contribution >= 0.6 is 0 Å². The number of aryl methyl sites for hydroxylation is 1. The summed E-state index contributed by atoms with van der Waals surface area (Å²) in [6, 6.07) is 10.0. The van der Waals surface area contributed by atoms with Gasteiger partial charge in [0.1, 0.15) is 0 Å². The number of amides is 2. The lowest BCUT2D eigenvalue weighted by Crippen LogP contribution is -2.37. The average Bonchev–Trinajstić information content (AvgIpc) is 3.22.